The minimum absolute atomic E-state index is 0.498. The molecule has 1 unspecified atom stereocenters. The predicted molar refractivity (Wildman–Crippen MR) is 66.3 cm³/mol. The van der Waals surface area contributed by atoms with Crippen molar-refractivity contribution in [2.24, 2.45) is 0 Å². The number of benzene rings is 1. The number of nitrogens with zero attached hydrogens (tertiary/aromatic N) is 1. The largest absolute Gasteiger partial charge is 0.316 e. The zero-order chi connectivity index (χ0) is 11.3. The number of likely N-dealkylation sites (N-methyl/N-ethyl adjacent to an activating group) is 2. The van der Waals surface area contributed by atoms with Crippen LogP contribution in [0, 0.1) is 0 Å². The van der Waals surface area contributed by atoms with Gasteiger partial charge in [0, 0.05) is 24.2 Å². The quantitative estimate of drug-likeness (QED) is 0.830. The van der Waals surface area contributed by atoms with Gasteiger partial charge in [-0.1, -0.05) is 29.8 Å². The van der Waals surface area contributed by atoms with E-state index in [9.17, 15) is 0 Å². The second kappa shape index (κ2) is 6.11. The van der Waals surface area contributed by atoms with E-state index in [1.165, 1.54) is 5.56 Å². The fourth-order valence-corrected chi connectivity index (χ4v) is 1.74. The molecular formula is C12H19ClN2. The first kappa shape index (κ1) is 12.5. The molecule has 3 heteroatoms. The highest BCUT2D eigenvalue weighted by atomic mass is 35.5. The Morgan fingerprint density at radius 3 is 2.67 bits per heavy atom. The summed E-state index contributed by atoms with van der Waals surface area (Å²) in [5, 5.41) is 4.07. The Labute approximate surface area is 97.2 Å². The average Bonchev–Trinajstić information content (AvgIpc) is 2.21. The van der Waals surface area contributed by atoms with E-state index in [-0.39, 0.29) is 0 Å². The van der Waals surface area contributed by atoms with Gasteiger partial charge in [-0.3, -0.25) is 0 Å². The molecular weight excluding hydrogens is 208 g/mol. The van der Waals surface area contributed by atoms with Gasteiger partial charge in [-0.05, 0) is 32.6 Å². The number of rotatable bonds is 5. The summed E-state index contributed by atoms with van der Waals surface area (Å²) in [6.45, 7) is 4.08. The van der Waals surface area contributed by atoms with Crippen molar-refractivity contribution >= 4 is 11.6 Å². The van der Waals surface area contributed by atoms with Crippen molar-refractivity contribution < 1.29 is 0 Å². The third-order valence-corrected chi connectivity index (χ3v) is 2.85. The average molecular weight is 227 g/mol. The first-order valence-electron chi connectivity index (χ1n) is 5.22. The molecule has 0 spiro atoms. The van der Waals surface area contributed by atoms with Crippen LogP contribution in [-0.4, -0.2) is 31.6 Å². The van der Waals surface area contributed by atoms with E-state index in [1.54, 1.807) is 0 Å². The SMILES string of the molecule is CNC(C)CN(C)Cc1ccccc1Cl. The van der Waals surface area contributed by atoms with E-state index in [0.717, 1.165) is 18.1 Å². The van der Waals surface area contributed by atoms with Gasteiger partial charge in [-0.15, -0.1) is 0 Å². The maximum Gasteiger partial charge on any atom is 0.0451 e. The van der Waals surface area contributed by atoms with Crippen molar-refractivity contribution in [3.8, 4) is 0 Å². The van der Waals surface area contributed by atoms with Gasteiger partial charge in [0.2, 0.25) is 0 Å². The highest BCUT2D eigenvalue weighted by molar-refractivity contribution is 6.31. The summed E-state index contributed by atoms with van der Waals surface area (Å²) in [6, 6.07) is 8.49. The maximum atomic E-state index is 6.10. The molecule has 2 nitrogen and oxygen atoms in total. The lowest BCUT2D eigenvalue weighted by Gasteiger charge is -2.21. The standard InChI is InChI=1S/C12H19ClN2/c1-10(14-2)8-15(3)9-11-6-4-5-7-12(11)13/h4-7,10,14H,8-9H2,1-3H3. The molecule has 1 atom stereocenters. The number of hydrogen-bond donors (Lipinski definition) is 1. The molecule has 0 saturated carbocycles. The van der Waals surface area contributed by atoms with E-state index in [2.05, 4.69) is 30.3 Å². The summed E-state index contributed by atoms with van der Waals surface area (Å²) >= 11 is 6.10. The lowest BCUT2D eigenvalue weighted by atomic mass is 10.2. The number of hydrogen-bond acceptors (Lipinski definition) is 2. The van der Waals surface area contributed by atoms with E-state index < -0.39 is 0 Å². The van der Waals surface area contributed by atoms with E-state index in [4.69, 9.17) is 11.6 Å². The van der Waals surface area contributed by atoms with Gasteiger partial charge in [0.25, 0.3) is 0 Å². The lowest BCUT2D eigenvalue weighted by molar-refractivity contribution is 0.295. The van der Waals surface area contributed by atoms with Crippen molar-refractivity contribution in [3.63, 3.8) is 0 Å². The molecule has 0 aliphatic carbocycles. The van der Waals surface area contributed by atoms with E-state index in [0.29, 0.717) is 6.04 Å². The summed E-state index contributed by atoms with van der Waals surface area (Å²) in [5.74, 6) is 0. The smallest absolute Gasteiger partial charge is 0.0451 e. The fraction of sp³-hybridized carbons (Fsp3) is 0.500. The van der Waals surface area contributed by atoms with Crippen molar-refractivity contribution in [2.75, 3.05) is 20.6 Å². The highest BCUT2D eigenvalue weighted by Crippen LogP contribution is 2.16. The van der Waals surface area contributed by atoms with Gasteiger partial charge in [0.15, 0.2) is 0 Å². The Balaban J connectivity index is 2.51. The Morgan fingerprint density at radius 2 is 2.07 bits per heavy atom. The molecule has 0 aliphatic heterocycles. The molecule has 1 N–H and O–H groups in total. The lowest BCUT2D eigenvalue weighted by Crippen LogP contribution is -2.34. The van der Waals surface area contributed by atoms with Gasteiger partial charge >= 0.3 is 0 Å². The molecule has 1 aromatic rings. The first-order chi connectivity index (χ1) is 7.13. The molecule has 0 aliphatic rings. The second-order valence-corrected chi connectivity index (χ2v) is 4.39. The molecule has 84 valence electrons. The molecule has 0 heterocycles. The minimum Gasteiger partial charge on any atom is -0.316 e. The summed E-state index contributed by atoms with van der Waals surface area (Å²) in [4.78, 5) is 2.27. The van der Waals surface area contributed by atoms with E-state index >= 15 is 0 Å². The molecule has 0 amide bonds. The first-order valence-corrected chi connectivity index (χ1v) is 5.60. The summed E-state index contributed by atoms with van der Waals surface area (Å²) in [7, 11) is 4.09. The third kappa shape index (κ3) is 4.20. The van der Waals surface area contributed by atoms with Crippen molar-refractivity contribution in [1.29, 1.82) is 0 Å². The molecule has 1 aromatic carbocycles. The Morgan fingerprint density at radius 1 is 1.40 bits per heavy atom. The number of nitrogens with one attached hydrogen (secondary N) is 1. The molecule has 15 heavy (non-hydrogen) atoms. The fourth-order valence-electron chi connectivity index (χ4n) is 1.54. The Hall–Kier alpha value is -0.570. The summed E-state index contributed by atoms with van der Waals surface area (Å²) in [6.07, 6.45) is 0. The van der Waals surface area contributed by atoms with Crippen LogP contribution in [0.25, 0.3) is 0 Å². The van der Waals surface area contributed by atoms with Crippen LogP contribution in [0.4, 0.5) is 0 Å². The van der Waals surface area contributed by atoms with Crippen LogP contribution in [-0.2, 0) is 6.54 Å². The zero-order valence-corrected chi connectivity index (χ0v) is 10.4. The van der Waals surface area contributed by atoms with Gasteiger partial charge in [0.1, 0.15) is 0 Å². The van der Waals surface area contributed by atoms with Gasteiger partial charge in [0.05, 0.1) is 0 Å². The predicted octanol–water partition coefficient (Wildman–Crippen LogP) is 2.38. The van der Waals surface area contributed by atoms with Gasteiger partial charge in [-0.25, -0.2) is 0 Å². The van der Waals surface area contributed by atoms with Crippen LogP contribution in [0.2, 0.25) is 5.02 Å². The van der Waals surface area contributed by atoms with Crippen LogP contribution in [0.1, 0.15) is 12.5 Å². The third-order valence-electron chi connectivity index (χ3n) is 2.48. The molecule has 1 rings (SSSR count). The van der Waals surface area contributed by atoms with E-state index in [1.807, 2.05) is 25.2 Å². The Bertz CT molecular complexity index is 301. The minimum atomic E-state index is 0.498. The molecule has 0 fully saturated rings. The summed E-state index contributed by atoms with van der Waals surface area (Å²) in [5.41, 5.74) is 1.19. The normalized spacial score (nSPS) is 13.1. The molecule has 0 radical (unpaired) electrons. The van der Waals surface area contributed by atoms with Crippen LogP contribution in [0.5, 0.6) is 0 Å². The zero-order valence-electron chi connectivity index (χ0n) is 9.63. The van der Waals surface area contributed by atoms with Gasteiger partial charge < -0.3 is 10.2 Å². The Kier molecular flexibility index (Phi) is 5.09. The highest BCUT2D eigenvalue weighted by Gasteiger charge is 2.06. The molecule has 0 saturated heterocycles. The van der Waals surface area contributed by atoms with Gasteiger partial charge in [-0.2, -0.15) is 0 Å². The van der Waals surface area contributed by atoms with Crippen molar-refractivity contribution in [3.05, 3.63) is 34.9 Å². The van der Waals surface area contributed by atoms with Crippen molar-refractivity contribution in [2.45, 2.75) is 19.5 Å². The van der Waals surface area contributed by atoms with Crippen LogP contribution in [0.3, 0.4) is 0 Å². The second-order valence-electron chi connectivity index (χ2n) is 3.98. The topological polar surface area (TPSA) is 15.3 Å². The van der Waals surface area contributed by atoms with Crippen molar-refractivity contribution in [1.82, 2.24) is 10.2 Å². The monoisotopic (exact) mass is 226 g/mol. The van der Waals surface area contributed by atoms with Crippen LogP contribution in [0.15, 0.2) is 24.3 Å². The molecule has 0 bridgehead atoms. The maximum absolute atomic E-state index is 6.10. The number of halogens is 1. The summed E-state index contributed by atoms with van der Waals surface area (Å²) < 4.78 is 0. The van der Waals surface area contributed by atoms with Crippen LogP contribution < -0.4 is 5.32 Å². The van der Waals surface area contributed by atoms with Crippen LogP contribution >= 0.6 is 11.6 Å². The molecule has 0 aromatic heterocycles.